The Morgan fingerprint density at radius 1 is 1.37 bits per heavy atom. The number of aryl methyl sites for hydroxylation is 1. The fraction of sp³-hybridized carbons (Fsp3) is 0.385. The summed E-state index contributed by atoms with van der Waals surface area (Å²) < 4.78 is 0. The Morgan fingerprint density at radius 2 is 2.16 bits per heavy atom. The molecule has 5 nitrogen and oxygen atoms in total. The Balaban J connectivity index is 2.31. The zero-order valence-corrected chi connectivity index (χ0v) is 11.9. The van der Waals surface area contributed by atoms with E-state index in [-0.39, 0.29) is 6.04 Å². The second-order valence-corrected chi connectivity index (χ2v) is 5.38. The third-order valence-corrected chi connectivity index (χ3v) is 3.43. The second-order valence-electron chi connectivity index (χ2n) is 4.49. The topological polar surface area (TPSA) is 74.5 Å². The van der Waals surface area contributed by atoms with Crippen LogP contribution in [0.1, 0.15) is 36.2 Å². The molecular weight excluding hydrogens is 258 g/mol. The Bertz CT molecular complexity index is 599. The summed E-state index contributed by atoms with van der Waals surface area (Å²) in [6, 6.07) is 4.27. The Morgan fingerprint density at radius 3 is 2.74 bits per heavy atom. The predicted molar refractivity (Wildman–Crippen MR) is 75.1 cm³/mol. The SMILES string of the molecule is Cc1csc(C(C#N)c2ccnc(NC(C)C)n2)n1. The fourth-order valence-electron chi connectivity index (χ4n) is 1.61. The van der Waals surface area contributed by atoms with Gasteiger partial charge >= 0.3 is 0 Å². The summed E-state index contributed by atoms with van der Waals surface area (Å²) in [5.74, 6) is 0.107. The van der Waals surface area contributed by atoms with E-state index in [9.17, 15) is 5.26 Å². The van der Waals surface area contributed by atoms with Gasteiger partial charge in [0.15, 0.2) is 0 Å². The number of thiazole rings is 1. The van der Waals surface area contributed by atoms with Gasteiger partial charge in [0.1, 0.15) is 10.9 Å². The average molecular weight is 273 g/mol. The molecule has 0 radical (unpaired) electrons. The Labute approximate surface area is 116 Å². The molecule has 0 aliphatic heterocycles. The van der Waals surface area contributed by atoms with E-state index < -0.39 is 5.92 Å². The van der Waals surface area contributed by atoms with Crippen LogP contribution in [0.3, 0.4) is 0 Å². The van der Waals surface area contributed by atoms with Crippen LogP contribution in [0.25, 0.3) is 0 Å². The quantitative estimate of drug-likeness (QED) is 0.927. The molecule has 1 N–H and O–H groups in total. The summed E-state index contributed by atoms with van der Waals surface area (Å²) in [6.45, 7) is 5.95. The van der Waals surface area contributed by atoms with Gasteiger partial charge in [-0.3, -0.25) is 0 Å². The molecule has 2 heterocycles. The third-order valence-electron chi connectivity index (χ3n) is 2.40. The summed E-state index contributed by atoms with van der Waals surface area (Å²) in [4.78, 5) is 12.9. The molecule has 2 aromatic heterocycles. The zero-order chi connectivity index (χ0) is 13.8. The predicted octanol–water partition coefficient (Wildman–Crippen LogP) is 2.72. The standard InChI is InChI=1S/C13H15N5S/c1-8(2)16-13-15-5-4-11(18-13)10(6-14)12-17-9(3)7-19-12/h4-5,7-8,10H,1-3H3,(H,15,16,18). The lowest BCUT2D eigenvalue weighted by molar-refractivity contribution is 0.856. The van der Waals surface area contributed by atoms with Gasteiger partial charge in [-0.25, -0.2) is 15.0 Å². The Hall–Kier alpha value is -2.00. The maximum absolute atomic E-state index is 9.35. The van der Waals surface area contributed by atoms with Gasteiger partial charge in [0.25, 0.3) is 0 Å². The van der Waals surface area contributed by atoms with E-state index in [1.54, 1.807) is 12.3 Å². The van der Waals surface area contributed by atoms with Crippen molar-refractivity contribution in [3.63, 3.8) is 0 Å². The first kappa shape index (κ1) is 13.4. The highest BCUT2D eigenvalue weighted by Gasteiger charge is 2.19. The van der Waals surface area contributed by atoms with Crippen LogP contribution in [0.4, 0.5) is 5.95 Å². The summed E-state index contributed by atoms with van der Waals surface area (Å²) in [5.41, 5.74) is 1.60. The normalized spacial score (nSPS) is 12.2. The van der Waals surface area contributed by atoms with Gasteiger partial charge in [0, 0.05) is 23.3 Å². The first-order chi connectivity index (χ1) is 9.10. The molecule has 0 aliphatic carbocycles. The first-order valence-corrected chi connectivity index (χ1v) is 6.89. The monoisotopic (exact) mass is 273 g/mol. The molecule has 0 aliphatic rings. The molecule has 2 aromatic rings. The minimum Gasteiger partial charge on any atom is -0.352 e. The molecule has 0 bridgehead atoms. The van der Waals surface area contributed by atoms with Gasteiger partial charge in [0.2, 0.25) is 5.95 Å². The number of rotatable bonds is 4. The van der Waals surface area contributed by atoms with Crippen LogP contribution in [0.2, 0.25) is 0 Å². The molecule has 0 spiro atoms. The molecule has 0 amide bonds. The van der Waals surface area contributed by atoms with Gasteiger partial charge in [0.05, 0.1) is 11.8 Å². The number of nitrogens with one attached hydrogen (secondary N) is 1. The van der Waals surface area contributed by atoms with Crippen LogP contribution in [0, 0.1) is 18.3 Å². The van der Waals surface area contributed by atoms with E-state index in [0.717, 1.165) is 10.7 Å². The van der Waals surface area contributed by atoms with Crippen molar-refractivity contribution in [2.75, 3.05) is 5.32 Å². The molecule has 0 aromatic carbocycles. The highest BCUT2D eigenvalue weighted by molar-refractivity contribution is 7.09. The molecule has 0 saturated carbocycles. The molecule has 6 heteroatoms. The lowest BCUT2D eigenvalue weighted by atomic mass is 10.1. The summed E-state index contributed by atoms with van der Waals surface area (Å²) in [6.07, 6.45) is 1.66. The summed E-state index contributed by atoms with van der Waals surface area (Å²) >= 11 is 1.48. The van der Waals surface area contributed by atoms with E-state index in [2.05, 4.69) is 26.3 Å². The van der Waals surface area contributed by atoms with Crippen molar-refractivity contribution < 1.29 is 0 Å². The van der Waals surface area contributed by atoms with Crippen LogP contribution < -0.4 is 5.32 Å². The van der Waals surface area contributed by atoms with Gasteiger partial charge < -0.3 is 5.32 Å². The van der Waals surface area contributed by atoms with Crippen LogP contribution in [0.5, 0.6) is 0 Å². The van der Waals surface area contributed by atoms with Crippen molar-refractivity contribution in [3.8, 4) is 6.07 Å². The van der Waals surface area contributed by atoms with E-state index in [1.807, 2.05) is 26.2 Å². The number of anilines is 1. The van der Waals surface area contributed by atoms with Gasteiger partial charge in [-0.1, -0.05) is 0 Å². The summed E-state index contributed by atoms with van der Waals surface area (Å²) in [5, 5.41) is 15.2. The number of hydrogen-bond acceptors (Lipinski definition) is 6. The molecule has 98 valence electrons. The lowest BCUT2D eigenvalue weighted by Gasteiger charge is -2.10. The molecule has 2 rings (SSSR count). The smallest absolute Gasteiger partial charge is 0.223 e. The third kappa shape index (κ3) is 3.26. The van der Waals surface area contributed by atoms with Gasteiger partial charge in [-0.2, -0.15) is 5.26 Å². The number of hydrogen-bond donors (Lipinski definition) is 1. The van der Waals surface area contributed by atoms with Gasteiger partial charge in [-0.05, 0) is 26.8 Å². The van der Waals surface area contributed by atoms with Crippen molar-refractivity contribution in [1.82, 2.24) is 15.0 Å². The fourth-order valence-corrected chi connectivity index (χ4v) is 2.46. The first-order valence-electron chi connectivity index (χ1n) is 6.01. The van der Waals surface area contributed by atoms with Crippen molar-refractivity contribution in [1.29, 1.82) is 5.26 Å². The van der Waals surface area contributed by atoms with Crippen molar-refractivity contribution >= 4 is 17.3 Å². The largest absolute Gasteiger partial charge is 0.352 e. The second kappa shape index (κ2) is 5.76. The van der Waals surface area contributed by atoms with Crippen LogP contribution in [-0.2, 0) is 0 Å². The minimum atomic E-state index is -0.436. The number of nitrogens with zero attached hydrogens (tertiary/aromatic N) is 4. The average Bonchev–Trinajstić information content (AvgIpc) is 2.76. The van der Waals surface area contributed by atoms with E-state index in [0.29, 0.717) is 11.6 Å². The highest BCUT2D eigenvalue weighted by atomic mass is 32.1. The highest BCUT2D eigenvalue weighted by Crippen LogP contribution is 2.25. The molecule has 1 atom stereocenters. The van der Waals surface area contributed by atoms with Gasteiger partial charge in [-0.15, -0.1) is 11.3 Å². The molecule has 0 fully saturated rings. The van der Waals surface area contributed by atoms with Crippen LogP contribution in [-0.4, -0.2) is 21.0 Å². The maximum atomic E-state index is 9.35. The van der Waals surface area contributed by atoms with Crippen molar-refractivity contribution in [3.05, 3.63) is 34.0 Å². The summed E-state index contributed by atoms with van der Waals surface area (Å²) in [7, 11) is 0. The maximum Gasteiger partial charge on any atom is 0.223 e. The molecule has 0 saturated heterocycles. The number of nitriles is 1. The van der Waals surface area contributed by atoms with Crippen LogP contribution in [0.15, 0.2) is 17.6 Å². The molecular formula is C13H15N5S. The molecule has 1 unspecified atom stereocenters. The van der Waals surface area contributed by atoms with Crippen LogP contribution >= 0.6 is 11.3 Å². The van der Waals surface area contributed by atoms with Crippen molar-refractivity contribution in [2.45, 2.75) is 32.7 Å². The number of aromatic nitrogens is 3. The minimum absolute atomic E-state index is 0.248. The van der Waals surface area contributed by atoms with Crippen molar-refractivity contribution in [2.24, 2.45) is 0 Å². The van der Waals surface area contributed by atoms with E-state index in [1.165, 1.54) is 11.3 Å². The zero-order valence-electron chi connectivity index (χ0n) is 11.1. The lowest BCUT2D eigenvalue weighted by Crippen LogP contribution is -2.13. The van der Waals surface area contributed by atoms with E-state index in [4.69, 9.17) is 0 Å². The Kier molecular flexibility index (Phi) is 4.07. The van der Waals surface area contributed by atoms with E-state index >= 15 is 0 Å². The molecule has 19 heavy (non-hydrogen) atoms.